The Balaban J connectivity index is 0.000000222. The van der Waals surface area contributed by atoms with Gasteiger partial charge < -0.3 is 49.6 Å². The van der Waals surface area contributed by atoms with Crippen LogP contribution in [0.5, 0.6) is 23.0 Å². The molecule has 2 saturated carbocycles. The number of benzene rings is 4. The summed E-state index contributed by atoms with van der Waals surface area (Å²) in [5.74, 6) is -0.711. The van der Waals surface area contributed by atoms with Gasteiger partial charge in [-0.05, 0) is 115 Å². The lowest BCUT2D eigenvalue weighted by atomic mass is 9.79. The minimum Gasteiger partial charge on any atom is -0.497 e. The van der Waals surface area contributed by atoms with Gasteiger partial charge in [0.15, 0.2) is 11.2 Å². The summed E-state index contributed by atoms with van der Waals surface area (Å²) in [4.78, 5) is 72.4. The fraction of sp³-hybridized carbons (Fsp3) is 0.508. The van der Waals surface area contributed by atoms with Gasteiger partial charge in [0.25, 0.3) is 23.6 Å². The molecule has 17 heteroatoms. The van der Waals surface area contributed by atoms with E-state index in [1.165, 1.54) is 34.1 Å². The molecule has 76 heavy (non-hydrogen) atoms. The van der Waals surface area contributed by atoms with Gasteiger partial charge in [-0.25, -0.2) is 8.78 Å². The molecule has 2 unspecified atom stereocenters. The van der Waals surface area contributed by atoms with Gasteiger partial charge >= 0.3 is 0 Å². The molecular formula is C59H76F2N6O9. The predicted molar refractivity (Wildman–Crippen MR) is 289 cm³/mol. The van der Waals surface area contributed by atoms with Gasteiger partial charge in [-0.1, -0.05) is 56.9 Å². The number of nitrogens with two attached hydrogens (primary N) is 1. The second-order valence-electron chi connectivity index (χ2n) is 20.9. The fourth-order valence-corrected chi connectivity index (χ4v) is 11.4. The van der Waals surface area contributed by atoms with E-state index in [-0.39, 0.29) is 96.4 Å². The number of anilines is 2. The second kappa shape index (κ2) is 24.5. The van der Waals surface area contributed by atoms with Crippen LogP contribution in [0.3, 0.4) is 0 Å². The first kappa shape index (κ1) is 57.0. The third-order valence-electron chi connectivity index (χ3n) is 15.2. The monoisotopic (exact) mass is 1050 g/mol. The Morgan fingerprint density at radius 3 is 1.47 bits per heavy atom. The van der Waals surface area contributed by atoms with E-state index >= 15 is 8.78 Å². The lowest BCUT2D eigenvalue weighted by Gasteiger charge is -2.41. The highest BCUT2D eigenvalue weighted by molar-refractivity contribution is 6.05. The molecule has 0 bridgehead atoms. The minimum atomic E-state index is -1.22. The number of fused-ring (bicyclic) bond motifs is 2. The van der Waals surface area contributed by atoms with Gasteiger partial charge in [-0.15, -0.1) is 0 Å². The van der Waals surface area contributed by atoms with Crippen molar-refractivity contribution in [3.05, 3.63) is 107 Å². The van der Waals surface area contributed by atoms with Crippen molar-refractivity contribution in [1.82, 2.24) is 15.1 Å². The van der Waals surface area contributed by atoms with Gasteiger partial charge in [0.2, 0.25) is 5.91 Å². The van der Waals surface area contributed by atoms with Crippen LogP contribution in [0.2, 0.25) is 0 Å². The van der Waals surface area contributed by atoms with Crippen LogP contribution < -0.4 is 39.8 Å². The third kappa shape index (κ3) is 12.1. The van der Waals surface area contributed by atoms with Gasteiger partial charge in [0.1, 0.15) is 34.6 Å². The largest absolute Gasteiger partial charge is 0.497 e. The molecule has 2 heterocycles. The molecule has 8 rings (SSSR count). The highest BCUT2D eigenvalue weighted by Crippen LogP contribution is 2.44. The molecule has 0 aromatic heterocycles. The van der Waals surface area contributed by atoms with E-state index in [0.29, 0.717) is 30.9 Å². The van der Waals surface area contributed by atoms with Crippen molar-refractivity contribution in [2.45, 2.75) is 141 Å². The Morgan fingerprint density at radius 2 is 1.08 bits per heavy atom. The van der Waals surface area contributed by atoms with E-state index in [1.807, 2.05) is 50.2 Å². The van der Waals surface area contributed by atoms with Crippen LogP contribution in [-0.2, 0) is 14.4 Å². The Bertz CT molecular complexity index is 2770. The molecule has 410 valence electrons. The van der Waals surface area contributed by atoms with E-state index in [1.54, 1.807) is 58.6 Å². The number of nitrogens with one attached hydrogen (secondary N) is 1. The van der Waals surface area contributed by atoms with Gasteiger partial charge in [0, 0.05) is 81.7 Å². The SMILES string of the molecule is CCC(=O)NCCN1C(=O)C(C)(C)Oc2cc(F)c(C(=O)N(CC)C3CCCC[C@@H]3c3cccc(OC)c3)cc21.CCN(C(=O)c1cc2c(cc1F)OC(C)(C)C(=O)N2CCN)C1CCCC[C@@H]1c1cccc(OC)c1. The Morgan fingerprint density at radius 1 is 0.658 bits per heavy atom. The number of rotatable bonds is 16. The summed E-state index contributed by atoms with van der Waals surface area (Å²) in [5, 5.41) is 2.77. The van der Waals surface area contributed by atoms with Crippen molar-refractivity contribution in [2.24, 2.45) is 5.73 Å². The standard InChI is InChI=1S/C31H40FN3O5.C28H36FN3O4/c1-6-28(36)33-15-16-35-26-18-23(24(32)19-27(26)40-31(3,4)30(35)38)29(37)34(7-2)25-14-9-8-13-22(25)20-11-10-12-21(17-20)39-5;1-5-31(23-12-7-6-11-20(23)18-9-8-10-19(15-18)35-4)26(33)21-16-24-25(17-22(21)29)36-28(2,3)27(34)32(24)14-13-30/h10-12,17-19,22,25H,6-9,13-16H2,1-5H3,(H,33,36);8-10,15-17,20,23H,5-7,11-14,30H2,1-4H3/t22-,25?;20-,23?/m11/s1. The highest BCUT2D eigenvalue weighted by atomic mass is 19.1. The minimum absolute atomic E-state index is 0.0660. The summed E-state index contributed by atoms with van der Waals surface area (Å²) in [6.07, 6.45) is 7.94. The number of hydrogen-bond donors (Lipinski definition) is 2. The van der Waals surface area contributed by atoms with Crippen molar-refractivity contribution in [2.75, 3.05) is 63.3 Å². The molecule has 4 aromatic rings. The normalized spacial score (nSPS) is 20.4. The first-order chi connectivity index (χ1) is 36.3. The molecule has 0 saturated heterocycles. The summed E-state index contributed by atoms with van der Waals surface area (Å²) in [7, 11) is 3.27. The van der Waals surface area contributed by atoms with Crippen molar-refractivity contribution in [3.63, 3.8) is 0 Å². The average molecular weight is 1050 g/mol. The molecule has 0 spiro atoms. The van der Waals surface area contributed by atoms with Gasteiger partial charge in [0.05, 0.1) is 36.7 Å². The van der Waals surface area contributed by atoms with E-state index in [0.717, 1.165) is 74.0 Å². The molecule has 2 aliphatic heterocycles. The van der Waals surface area contributed by atoms with Crippen LogP contribution in [-0.4, -0.2) is 116 Å². The molecule has 0 radical (unpaired) electrons. The summed E-state index contributed by atoms with van der Waals surface area (Å²) < 4.78 is 53.5. The van der Waals surface area contributed by atoms with Crippen LogP contribution in [0.15, 0.2) is 72.8 Å². The van der Waals surface area contributed by atoms with E-state index in [2.05, 4.69) is 17.4 Å². The van der Waals surface area contributed by atoms with E-state index in [4.69, 9.17) is 24.7 Å². The maximum Gasteiger partial charge on any atom is 0.270 e. The van der Waals surface area contributed by atoms with Crippen molar-refractivity contribution in [3.8, 4) is 23.0 Å². The quantitative estimate of drug-likeness (QED) is 0.110. The van der Waals surface area contributed by atoms with Crippen molar-refractivity contribution < 1.29 is 51.7 Å². The molecule has 4 aliphatic rings. The number of hydrogen-bond acceptors (Lipinski definition) is 10. The van der Waals surface area contributed by atoms with Crippen LogP contribution in [0.25, 0.3) is 0 Å². The van der Waals surface area contributed by atoms with E-state index in [9.17, 15) is 24.0 Å². The van der Waals surface area contributed by atoms with Crippen LogP contribution in [0, 0.1) is 11.6 Å². The first-order valence-corrected chi connectivity index (χ1v) is 26.9. The molecule has 4 aromatic carbocycles. The molecule has 3 N–H and O–H groups in total. The fourth-order valence-electron chi connectivity index (χ4n) is 11.4. The number of carbonyl (C=O) groups excluding carboxylic acids is 5. The Kier molecular flexibility index (Phi) is 18.4. The number of methoxy groups -OCH3 is 2. The topological polar surface area (TPSA) is 173 Å². The van der Waals surface area contributed by atoms with Crippen molar-refractivity contribution >= 4 is 40.9 Å². The van der Waals surface area contributed by atoms with Gasteiger partial charge in [-0.3, -0.25) is 24.0 Å². The van der Waals surface area contributed by atoms with Crippen LogP contribution in [0.1, 0.15) is 150 Å². The lowest BCUT2D eigenvalue weighted by Crippen LogP contribution is -2.54. The lowest BCUT2D eigenvalue weighted by molar-refractivity contribution is -0.133. The third-order valence-corrected chi connectivity index (χ3v) is 15.2. The molecule has 15 nitrogen and oxygen atoms in total. The average Bonchev–Trinajstić information content (AvgIpc) is 3.41. The highest BCUT2D eigenvalue weighted by Gasteiger charge is 2.44. The molecule has 2 fully saturated rings. The summed E-state index contributed by atoms with van der Waals surface area (Å²) >= 11 is 0. The van der Waals surface area contributed by atoms with Crippen LogP contribution >= 0.6 is 0 Å². The smallest absolute Gasteiger partial charge is 0.270 e. The predicted octanol–water partition coefficient (Wildman–Crippen LogP) is 9.54. The Labute approximate surface area is 446 Å². The second-order valence-corrected chi connectivity index (χ2v) is 20.9. The zero-order valence-electron chi connectivity index (χ0n) is 45.6. The molecule has 2 aliphatic carbocycles. The number of nitrogens with zero attached hydrogens (tertiary/aromatic N) is 4. The summed E-state index contributed by atoms with van der Waals surface area (Å²) in [5.41, 5.74) is 6.13. The van der Waals surface area contributed by atoms with Crippen LogP contribution in [0.4, 0.5) is 20.2 Å². The zero-order valence-corrected chi connectivity index (χ0v) is 45.6. The van der Waals surface area contributed by atoms with Gasteiger partial charge in [-0.2, -0.15) is 0 Å². The summed E-state index contributed by atoms with van der Waals surface area (Å²) in [6.45, 7) is 13.8. The Hall–Kier alpha value is -6.75. The first-order valence-electron chi connectivity index (χ1n) is 26.9. The molecule has 4 atom stereocenters. The molecule has 5 amide bonds. The van der Waals surface area contributed by atoms with E-state index < -0.39 is 28.7 Å². The maximum absolute atomic E-state index is 15.6. The summed E-state index contributed by atoms with van der Waals surface area (Å²) in [6, 6.07) is 21.0. The van der Waals surface area contributed by atoms with Crippen molar-refractivity contribution in [1.29, 1.82) is 0 Å². The number of ether oxygens (including phenoxy) is 4. The molecular weight excluding hydrogens is 975 g/mol. The number of amides is 5. The zero-order chi connectivity index (χ0) is 55.1. The maximum atomic E-state index is 15.6. The number of carbonyl (C=O) groups is 5. The number of likely N-dealkylation sites (N-methyl/N-ethyl adjacent to an activating group) is 2. The number of halogens is 2.